The Labute approximate surface area is 138 Å². The van der Waals surface area contributed by atoms with Gasteiger partial charge in [0, 0.05) is 5.56 Å². The van der Waals surface area contributed by atoms with E-state index in [1.807, 2.05) is 24.3 Å². The molecule has 2 aromatic carbocycles. The first-order valence-corrected chi connectivity index (χ1v) is 7.35. The van der Waals surface area contributed by atoms with Crippen LogP contribution in [0.4, 0.5) is 10.1 Å². The van der Waals surface area contributed by atoms with Crippen molar-refractivity contribution in [2.75, 3.05) is 12.4 Å². The van der Waals surface area contributed by atoms with E-state index < -0.39 is 11.7 Å². The lowest BCUT2D eigenvalue weighted by Gasteiger charge is -2.08. The number of anilines is 1. The minimum atomic E-state index is -0.567. The van der Waals surface area contributed by atoms with E-state index in [2.05, 4.69) is 15.5 Å². The van der Waals surface area contributed by atoms with Gasteiger partial charge in [-0.2, -0.15) is 5.10 Å². The molecule has 1 amide bonds. The van der Waals surface area contributed by atoms with E-state index in [0.29, 0.717) is 17.1 Å². The number of nitrogens with one attached hydrogen (secondary N) is 2. The summed E-state index contributed by atoms with van der Waals surface area (Å²) in [5.74, 6) is -0.363. The number of nitrogens with zero attached hydrogens (tertiary/aromatic N) is 1. The second-order valence-electron chi connectivity index (χ2n) is 5.23. The van der Waals surface area contributed by atoms with Crippen molar-refractivity contribution in [2.45, 2.75) is 6.92 Å². The SMILES string of the molecule is COc1ccc(-c2n[nH]c(C)c2NC(=O)c2ccccc2F)cc1. The molecule has 122 valence electrons. The van der Waals surface area contributed by atoms with E-state index in [4.69, 9.17) is 4.74 Å². The number of amides is 1. The fraction of sp³-hybridized carbons (Fsp3) is 0.111. The third kappa shape index (κ3) is 2.99. The van der Waals surface area contributed by atoms with E-state index in [1.54, 1.807) is 20.1 Å². The molecule has 0 atom stereocenters. The maximum Gasteiger partial charge on any atom is 0.258 e. The molecule has 0 aliphatic rings. The van der Waals surface area contributed by atoms with Crippen molar-refractivity contribution < 1.29 is 13.9 Å². The Morgan fingerprint density at radius 1 is 1.17 bits per heavy atom. The quantitative estimate of drug-likeness (QED) is 0.767. The maximum atomic E-state index is 13.8. The van der Waals surface area contributed by atoms with Crippen molar-refractivity contribution in [3.05, 3.63) is 65.6 Å². The monoisotopic (exact) mass is 325 g/mol. The highest BCUT2D eigenvalue weighted by Gasteiger charge is 2.17. The van der Waals surface area contributed by atoms with Gasteiger partial charge in [0.25, 0.3) is 5.91 Å². The lowest BCUT2D eigenvalue weighted by molar-refractivity contribution is 0.102. The number of aryl methyl sites for hydroxylation is 1. The first kappa shape index (κ1) is 15.7. The van der Waals surface area contributed by atoms with Crippen molar-refractivity contribution in [3.63, 3.8) is 0 Å². The summed E-state index contributed by atoms with van der Waals surface area (Å²) >= 11 is 0. The molecule has 1 aromatic heterocycles. The van der Waals surface area contributed by atoms with Gasteiger partial charge in [0.2, 0.25) is 0 Å². The van der Waals surface area contributed by atoms with E-state index in [9.17, 15) is 9.18 Å². The number of halogens is 1. The lowest BCUT2D eigenvalue weighted by Crippen LogP contribution is -2.14. The molecule has 1 heterocycles. The van der Waals surface area contributed by atoms with Gasteiger partial charge in [-0.15, -0.1) is 0 Å². The molecular formula is C18H16FN3O2. The summed E-state index contributed by atoms with van der Waals surface area (Å²) in [4.78, 5) is 12.4. The van der Waals surface area contributed by atoms with Gasteiger partial charge in [-0.1, -0.05) is 12.1 Å². The Hall–Kier alpha value is -3.15. The normalized spacial score (nSPS) is 10.5. The molecule has 24 heavy (non-hydrogen) atoms. The fourth-order valence-electron chi connectivity index (χ4n) is 2.37. The van der Waals surface area contributed by atoms with Crippen LogP contribution in [0.15, 0.2) is 48.5 Å². The Morgan fingerprint density at radius 2 is 1.88 bits per heavy atom. The molecule has 2 N–H and O–H groups in total. The topological polar surface area (TPSA) is 67.0 Å². The molecule has 0 aliphatic carbocycles. The summed E-state index contributed by atoms with van der Waals surface area (Å²) in [5, 5.41) is 9.82. The van der Waals surface area contributed by atoms with Crippen LogP contribution in [-0.2, 0) is 0 Å². The summed E-state index contributed by atoms with van der Waals surface area (Å²) in [6.45, 7) is 1.79. The van der Waals surface area contributed by atoms with Gasteiger partial charge in [-0.3, -0.25) is 9.89 Å². The summed E-state index contributed by atoms with van der Waals surface area (Å²) in [6.07, 6.45) is 0. The van der Waals surface area contributed by atoms with Crippen LogP contribution in [0.1, 0.15) is 16.1 Å². The average Bonchev–Trinajstić information content (AvgIpc) is 2.96. The van der Waals surface area contributed by atoms with Gasteiger partial charge < -0.3 is 10.1 Å². The van der Waals surface area contributed by atoms with E-state index >= 15 is 0 Å². The van der Waals surface area contributed by atoms with Crippen molar-refractivity contribution in [1.82, 2.24) is 10.2 Å². The minimum absolute atomic E-state index is 0.0150. The highest BCUT2D eigenvalue weighted by atomic mass is 19.1. The Kier molecular flexibility index (Phi) is 4.29. The summed E-state index contributed by atoms with van der Waals surface area (Å²) in [5.41, 5.74) is 2.58. The van der Waals surface area contributed by atoms with Gasteiger partial charge in [0.1, 0.15) is 17.3 Å². The molecule has 0 radical (unpaired) electrons. The molecular weight excluding hydrogens is 309 g/mol. The van der Waals surface area contributed by atoms with E-state index in [1.165, 1.54) is 18.2 Å². The molecule has 0 aliphatic heterocycles. The van der Waals surface area contributed by atoms with Crippen molar-refractivity contribution >= 4 is 11.6 Å². The number of aromatic nitrogens is 2. The second-order valence-corrected chi connectivity index (χ2v) is 5.23. The van der Waals surface area contributed by atoms with Crippen LogP contribution >= 0.6 is 0 Å². The predicted octanol–water partition coefficient (Wildman–Crippen LogP) is 3.79. The number of H-pyrrole nitrogens is 1. The standard InChI is InChI=1S/C18H16FN3O2/c1-11-16(20-18(23)14-5-3-4-6-15(14)19)17(22-21-11)12-7-9-13(24-2)10-8-12/h3-10H,1-2H3,(H,20,23)(H,21,22). The van der Waals surface area contributed by atoms with Crippen molar-refractivity contribution in [2.24, 2.45) is 0 Å². The molecule has 0 fully saturated rings. The van der Waals surface area contributed by atoms with Crippen LogP contribution in [0.25, 0.3) is 11.3 Å². The molecule has 6 heteroatoms. The Balaban J connectivity index is 1.93. The van der Waals surface area contributed by atoms with E-state index in [0.717, 1.165) is 11.3 Å². The highest BCUT2D eigenvalue weighted by molar-refractivity contribution is 6.06. The zero-order valence-electron chi connectivity index (χ0n) is 13.3. The van der Waals surface area contributed by atoms with Crippen LogP contribution in [-0.4, -0.2) is 23.2 Å². The van der Waals surface area contributed by atoms with Gasteiger partial charge in [-0.05, 0) is 43.3 Å². The number of benzene rings is 2. The van der Waals surface area contributed by atoms with Gasteiger partial charge in [0.15, 0.2) is 0 Å². The van der Waals surface area contributed by atoms with Crippen LogP contribution in [0.5, 0.6) is 5.75 Å². The zero-order chi connectivity index (χ0) is 17.1. The lowest BCUT2D eigenvalue weighted by atomic mass is 10.1. The maximum absolute atomic E-state index is 13.8. The van der Waals surface area contributed by atoms with Crippen LogP contribution in [0, 0.1) is 12.7 Å². The molecule has 3 rings (SSSR count). The molecule has 0 bridgehead atoms. The number of methoxy groups -OCH3 is 1. The Bertz CT molecular complexity index is 872. The summed E-state index contributed by atoms with van der Waals surface area (Å²) in [7, 11) is 1.59. The number of aromatic amines is 1. The van der Waals surface area contributed by atoms with Crippen LogP contribution in [0.2, 0.25) is 0 Å². The largest absolute Gasteiger partial charge is 0.497 e. The molecule has 0 spiro atoms. The van der Waals surface area contributed by atoms with Gasteiger partial charge in [-0.25, -0.2) is 4.39 Å². The number of carbonyl (C=O) groups excluding carboxylic acids is 1. The van der Waals surface area contributed by atoms with Gasteiger partial charge in [0.05, 0.1) is 24.1 Å². The van der Waals surface area contributed by atoms with Crippen LogP contribution in [0.3, 0.4) is 0 Å². The molecule has 0 saturated carbocycles. The second kappa shape index (κ2) is 6.54. The van der Waals surface area contributed by atoms with Gasteiger partial charge >= 0.3 is 0 Å². The smallest absolute Gasteiger partial charge is 0.258 e. The predicted molar refractivity (Wildman–Crippen MR) is 89.7 cm³/mol. The molecule has 5 nitrogen and oxygen atoms in total. The number of hydrogen-bond acceptors (Lipinski definition) is 3. The molecule has 0 saturated heterocycles. The number of rotatable bonds is 4. The van der Waals surface area contributed by atoms with Crippen molar-refractivity contribution in [1.29, 1.82) is 0 Å². The third-order valence-electron chi connectivity index (χ3n) is 3.67. The van der Waals surface area contributed by atoms with E-state index in [-0.39, 0.29) is 5.56 Å². The van der Waals surface area contributed by atoms with Crippen molar-refractivity contribution in [3.8, 4) is 17.0 Å². The van der Waals surface area contributed by atoms with Crippen LogP contribution < -0.4 is 10.1 Å². The zero-order valence-corrected chi connectivity index (χ0v) is 13.3. The fourth-order valence-corrected chi connectivity index (χ4v) is 2.37. The highest BCUT2D eigenvalue weighted by Crippen LogP contribution is 2.30. The number of hydrogen-bond donors (Lipinski definition) is 2. The Morgan fingerprint density at radius 3 is 2.54 bits per heavy atom. The first-order chi connectivity index (χ1) is 11.6. The number of ether oxygens (including phenoxy) is 1. The minimum Gasteiger partial charge on any atom is -0.497 e. The summed E-state index contributed by atoms with van der Waals surface area (Å²) in [6, 6.07) is 13.1. The number of carbonyl (C=O) groups is 1. The summed E-state index contributed by atoms with van der Waals surface area (Å²) < 4.78 is 18.9. The molecule has 3 aromatic rings. The third-order valence-corrected chi connectivity index (χ3v) is 3.67. The molecule has 0 unspecified atom stereocenters. The first-order valence-electron chi connectivity index (χ1n) is 7.35. The average molecular weight is 325 g/mol.